The third-order valence-electron chi connectivity index (χ3n) is 4.08. The van der Waals surface area contributed by atoms with Gasteiger partial charge in [0.1, 0.15) is 5.75 Å². The zero-order valence-electron chi connectivity index (χ0n) is 20.2. The van der Waals surface area contributed by atoms with Crippen molar-refractivity contribution in [1.82, 2.24) is 0 Å². The van der Waals surface area contributed by atoms with Gasteiger partial charge in [0.25, 0.3) is 0 Å². The SMILES string of the molecule is CC.CC.CC.COc1ccc(C(=O)c2ccc(C(=O)c3ccc(C)cc3)cc2)cc1. The summed E-state index contributed by atoms with van der Waals surface area (Å²) in [5.74, 6) is 0.566. The van der Waals surface area contributed by atoms with Gasteiger partial charge in [0.05, 0.1) is 7.11 Å². The number of carbonyl (C=O) groups excluding carboxylic acids is 2. The Balaban J connectivity index is 0.00000138. The lowest BCUT2D eigenvalue weighted by Gasteiger charge is -2.05. The summed E-state index contributed by atoms with van der Waals surface area (Å²) in [7, 11) is 1.58. The van der Waals surface area contributed by atoms with E-state index in [-0.39, 0.29) is 11.6 Å². The molecule has 0 atom stereocenters. The number of aryl methyl sites for hydroxylation is 1. The first-order chi connectivity index (χ1) is 15.1. The molecular formula is C28H36O3. The predicted molar refractivity (Wildman–Crippen MR) is 132 cm³/mol. The molecule has 0 aliphatic heterocycles. The van der Waals surface area contributed by atoms with Crippen LogP contribution in [-0.4, -0.2) is 18.7 Å². The van der Waals surface area contributed by atoms with E-state index in [0.717, 1.165) is 5.56 Å². The van der Waals surface area contributed by atoms with Crippen molar-refractivity contribution in [1.29, 1.82) is 0 Å². The van der Waals surface area contributed by atoms with Gasteiger partial charge in [0, 0.05) is 22.3 Å². The zero-order chi connectivity index (χ0) is 23.8. The third-order valence-corrected chi connectivity index (χ3v) is 4.08. The molecule has 0 bridgehead atoms. The Labute approximate surface area is 188 Å². The summed E-state index contributed by atoms with van der Waals surface area (Å²) in [6.45, 7) is 14.0. The highest BCUT2D eigenvalue weighted by atomic mass is 16.5. The van der Waals surface area contributed by atoms with Gasteiger partial charge in [-0.05, 0) is 31.2 Å². The molecule has 31 heavy (non-hydrogen) atoms. The number of carbonyl (C=O) groups is 2. The zero-order valence-corrected chi connectivity index (χ0v) is 20.2. The monoisotopic (exact) mass is 420 g/mol. The van der Waals surface area contributed by atoms with Gasteiger partial charge in [-0.25, -0.2) is 0 Å². The molecule has 0 radical (unpaired) electrons. The molecule has 3 aromatic rings. The molecular weight excluding hydrogens is 384 g/mol. The average molecular weight is 421 g/mol. The van der Waals surface area contributed by atoms with Gasteiger partial charge in [0.2, 0.25) is 0 Å². The van der Waals surface area contributed by atoms with Crippen molar-refractivity contribution in [2.75, 3.05) is 7.11 Å². The maximum Gasteiger partial charge on any atom is 0.193 e. The third kappa shape index (κ3) is 8.21. The van der Waals surface area contributed by atoms with Crippen molar-refractivity contribution in [3.8, 4) is 5.75 Å². The van der Waals surface area contributed by atoms with Crippen molar-refractivity contribution in [3.63, 3.8) is 0 Å². The van der Waals surface area contributed by atoms with E-state index in [1.807, 2.05) is 72.7 Å². The van der Waals surface area contributed by atoms with E-state index in [2.05, 4.69) is 0 Å². The number of ether oxygens (including phenoxy) is 1. The normalized spacial score (nSPS) is 8.90. The molecule has 0 saturated heterocycles. The van der Waals surface area contributed by atoms with Crippen LogP contribution in [0, 0.1) is 6.92 Å². The lowest BCUT2D eigenvalue weighted by atomic mass is 9.98. The first-order valence-electron chi connectivity index (χ1n) is 11.0. The number of hydrogen-bond donors (Lipinski definition) is 0. The first kappa shape index (κ1) is 27.8. The molecule has 3 heteroatoms. The smallest absolute Gasteiger partial charge is 0.193 e. The standard InChI is InChI=1S/C22H18O3.3C2H6/c1-15-3-5-16(6-4-15)21(23)17-7-9-18(10-8-17)22(24)19-11-13-20(25-2)14-12-19;3*1-2/h3-14H,1-2H3;3*1-2H3. The molecule has 3 rings (SSSR count). The Kier molecular flexibility index (Phi) is 14.0. The summed E-state index contributed by atoms with van der Waals surface area (Å²) in [4.78, 5) is 25.0. The minimum absolute atomic E-state index is 0.0524. The molecule has 3 nitrogen and oxygen atoms in total. The maximum atomic E-state index is 12.5. The van der Waals surface area contributed by atoms with Crippen LogP contribution in [0.1, 0.15) is 78.9 Å². The van der Waals surface area contributed by atoms with E-state index in [1.165, 1.54) is 0 Å². The van der Waals surface area contributed by atoms with Gasteiger partial charge in [-0.1, -0.05) is 95.6 Å². The number of hydrogen-bond acceptors (Lipinski definition) is 3. The topological polar surface area (TPSA) is 43.4 Å². The van der Waals surface area contributed by atoms with Crippen LogP contribution in [0.3, 0.4) is 0 Å². The second-order valence-electron chi connectivity index (χ2n) is 5.83. The van der Waals surface area contributed by atoms with Crippen LogP contribution in [0.5, 0.6) is 5.75 Å². The number of rotatable bonds is 5. The fraction of sp³-hybridized carbons (Fsp3) is 0.286. The second kappa shape index (κ2) is 15.6. The van der Waals surface area contributed by atoms with E-state index in [0.29, 0.717) is 28.0 Å². The Bertz CT molecular complexity index is 890. The Hall–Kier alpha value is -3.20. The Morgan fingerprint density at radius 1 is 0.516 bits per heavy atom. The fourth-order valence-corrected chi connectivity index (χ4v) is 2.55. The van der Waals surface area contributed by atoms with E-state index < -0.39 is 0 Å². The highest BCUT2D eigenvalue weighted by molar-refractivity contribution is 6.11. The van der Waals surface area contributed by atoms with Gasteiger partial charge < -0.3 is 4.74 Å². The number of benzene rings is 3. The van der Waals surface area contributed by atoms with Gasteiger partial charge in [0.15, 0.2) is 11.6 Å². The highest BCUT2D eigenvalue weighted by Crippen LogP contribution is 2.17. The molecule has 0 heterocycles. The van der Waals surface area contributed by atoms with Crippen LogP contribution in [0.4, 0.5) is 0 Å². The van der Waals surface area contributed by atoms with Crippen LogP contribution < -0.4 is 4.74 Å². The molecule has 0 aliphatic rings. The molecule has 0 aromatic heterocycles. The predicted octanol–water partition coefficient (Wildman–Crippen LogP) is 7.54. The van der Waals surface area contributed by atoms with Crippen molar-refractivity contribution in [2.24, 2.45) is 0 Å². The van der Waals surface area contributed by atoms with Crippen molar-refractivity contribution < 1.29 is 14.3 Å². The summed E-state index contributed by atoms with van der Waals surface area (Å²) >= 11 is 0. The Morgan fingerprint density at radius 2 is 0.774 bits per heavy atom. The largest absolute Gasteiger partial charge is 0.497 e. The first-order valence-corrected chi connectivity index (χ1v) is 11.0. The molecule has 0 spiro atoms. The van der Waals surface area contributed by atoms with Crippen molar-refractivity contribution >= 4 is 11.6 Å². The van der Waals surface area contributed by atoms with Gasteiger partial charge >= 0.3 is 0 Å². The van der Waals surface area contributed by atoms with E-state index in [1.54, 1.807) is 55.6 Å². The van der Waals surface area contributed by atoms with E-state index in [4.69, 9.17) is 4.74 Å². The molecule has 3 aromatic carbocycles. The van der Waals surface area contributed by atoms with Crippen molar-refractivity contribution in [2.45, 2.75) is 48.5 Å². The van der Waals surface area contributed by atoms with Gasteiger partial charge in [-0.2, -0.15) is 0 Å². The molecule has 0 amide bonds. The fourth-order valence-electron chi connectivity index (χ4n) is 2.55. The lowest BCUT2D eigenvalue weighted by molar-refractivity contribution is 0.102. The average Bonchev–Trinajstić information content (AvgIpc) is 2.87. The lowest BCUT2D eigenvalue weighted by Crippen LogP contribution is -2.04. The summed E-state index contributed by atoms with van der Waals surface area (Å²) in [5, 5.41) is 0. The number of methoxy groups -OCH3 is 1. The molecule has 0 fully saturated rings. The highest BCUT2D eigenvalue weighted by Gasteiger charge is 2.12. The van der Waals surface area contributed by atoms with Crippen LogP contribution in [-0.2, 0) is 0 Å². The summed E-state index contributed by atoms with van der Waals surface area (Å²) in [6.07, 6.45) is 0. The quantitative estimate of drug-likeness (QED) is 0.400. The van der Waals surface area contributed by atoms with Crippen LogP contribution in [0.15, 0.2) is 72.8 Å². The van der Waals surface area contributed by atoms with Crippen LogP contribution >= 0.6 is 0 Å². The molecule has 0 aliphatic carbocycles. The second-order valence-corrected chi connectivity index (χ2v) is 5.83. The number of ketones is 2. The summed E-state index contributed by atoms with van der Waals surface area (Å²) in [5.41, 5.74) is 3.44. The van der Waals surface area contributed by atoms with E-state index >= 15 is 0 Å². The van der Waals surface area contributed by atoms with E-state index in [9.17, 15) is 9.59 Å². The maximum absolute atomic E-state index is 12.5. The van der Waals surface area contributed by atoms with Gasteiger partial charge in [-0.3, -0.25) is 9.59 Å². The summed E-state index contributed by atoms with van der Waals surface area (Å²) in [6, 6.07) is 21.2. The van der Waals surface area contributed by atoms with Crippen LogP contribution in [0.25, 0.3) is 0 Å². The molecule has 166 valence electrons. The van der Waals surface area contributed by atoms with Crippen molar-refractivity contribution in [3.05, 3.63) is 101 Å². The molecule has 0 unspecified atom stereocenters. The Morgan fingerprint density at radius 3 is 1.06 bits per heavy atom. The van der Waals surface area contributed by atoms with Gasteiger partial charge in [-0.15, -0.1) is 0 Å². The van der Waals surface area contributed by atoms with Crippen LogP contribution in [0.2, 0.25) is 0 Å². The summed E-state index contributed by atoms with van der Waals surface area (Å²) < 4.78 is 5.10. The molecule has 0 N–H and O–H groups in total. The minimum Gasteiger partial charge on any atom is -0.497 e. The minimum atomic E-state index is -0.0861. The molecule has 0 saturated carbocycles.